The van der Waals surface area contributed by atoms with Crippen molar-refractivity contribution in [3.05, 3.63) is 22.8 Å². The Morgan fingerprint density at radius 3 is 2.60 bits per heavy atom. The second kappa shape index (κ2) is 7.48. The van der Waals surface area contributed by atoms with E-state index in [9.17, 15) is 4.79 Å². The second-order valence-electron chi connectivity index (χ2n) is 6.05. The van der Waals surface area contributed by atoms with Gasteiger partial charge >= 0.3 is 0 Å². The summed E-state index contributed by atoms with van der Waals surface area (Å²) in [5.41, 5.74) is 0.697. The predicted octanol–water partition coefficient (Wildman–Crippen LogP) is 3.72. The Morgan fingerprint density at radius 2 is 2.05 bits per heavy atom. The van der Waals surface area contributed by atoms with E-state index < -0.39 is 0 Å². The van der Waals surface area contributed by atoms with Gasteiger partial charge in [0.05, 0.1) is 10.6 Å². The van der Waals surface area contributed by atoms with Crippen LogP contribution >= 0.6 is 11.6 Å². The molecule has 0 aliphatic heterocycles. The van der Waals surface area contributed by atoms with Crippen molar-refractivity contribution in [3.8, 4) is 0 Å². The van der Waals surface area contributed by atoms with Crippen LogP contribution in [0.4, 0.5) is 5.82 Å². The lowest BCUT2D eigenvalue weighted by molar-refractivity contribution is 0.0949. The highest BCUT2D eigenvalue weighted by Crippen LogP contribution is 2.20. The van der Waals surface area contributed by atoms with Crippen molar-refractivity contribution in [1.29, 1.82) is 0 Å². The first-order chi connectivity index (χ1) is 9.33. The van der Waals surface area contributed by atoms with Crippen LogP contribution in [0.25, 0.3) is 0 Å². The first-order valence-electron chi connectivity index (χ1n) is 7.01. The third-order valence-corrected chi connectivity index (χ3v) is 3.09. The van der Waals surface area contributed by atoms with Gasteiger partial charge in [-0.05, 0) is 24.3 Å². The van der Waals surface area contributed by atoms with E-state index in [1.165, 1.54) is 0 Å². The largest absolute Gasteiger partial charge is 0.369 e. The first-order valence-corrected chi connectivity index (χ1v) is 7.39. The molecule has 0 atom stereocenters. The van der Waals surface area contributed by atoms with Gasteiger partial charge in [-0.2, -0.15) is 0 Å². The molecule has 2 N–H and O–H groups in total. The van der Waals surface area contributed by atoms with E-state index in [1.54, 1.807) is 12.3 Å². The van der Waals surface area contributed by atoms with Crippen LogP contribution in [-0.2, 0) is 0 Å². The number of carbonyl (C=O) groups is 1. The Morgan fingerprint density at radius 1 is 1.35 bits per heavy atom. The smallest absolute Gasteiger partial charge is 0.252 e. The van der Waals surface area contributed by atoms with Crippen molar-refractivity contribution in [2.24, 2.45) is 5.41 Å². The fourth-order valence-electron chi connectivity index (χ4n) is 1.59. The highest BCUT2D eigenvalue weighted by Gasteiger charge is 2.12. The Balaban J connectivity index is 2.58. The van der Waals surface area contributed by atoms with E-state index in [0.29, 0.717) is 22.9 Å². The number of nitrogens with zero attached hydrogens (tertiary/aromatic N) is 1. The molecule has 0 aromatic carbocycles. The molecule has 0 aliphatic rings. The number of rotatable bonds is 6. The molecule has 0 fully saturated rings. The molecule has 1 heterocycles. The maximum Gasteiger partial charge on any atom is 0.252 e. The molecule has 0 aliphatic carbocycles. The monoisotopic (exact) mass is 297 g/mol. The zero-order valence-corrected chi connectivity index (χ0v) is 13.5. The molecular weight excluding hydrogens is 274 g/mol. The summed E-state index contributed by atoms with van der Waals surface area (Å²) in [7, 11) is 0. The summed E-state index contributed by atoms with van der Waals surface area (Å²) in [6.07, 6.45) is 3.47. The van der Waals surface area contributed by atoms with Gasteiger partial charge in [0.2, 0.25) is 0 Å². The Labute approximate surface area is 126 Å². The lowest BCUT2D eigenvalue weighted by atomic mass is 9.92. The fraction of sp³-hybridized carbons (Fsp3) is 0.600. The van der Waals surface area contributed by atoms with Crippen molar-refractivity contribution in [2.75, 3.05) is 18.4 Å². The van der Waals surface area contributed by atoms with Crippen LogP contribution < -0.4 is 10.6 Å². The average Bonchev–Trinajstić information content (AvgIpc) is 2.35. The van der Waals surface area contributed by atoms with Crippen LogP contribution in [0.15, 0.2) is 12.3 Å². The number of nitrogens with one attached hydrogen (secondary N) is 2. The number of aromatic nitrogens is 1. The Hall–Kier alpha value is -1.29. The van der Waals surface area contributed by atoms with Crippen LogP contribution in [0.2, 0.25) is 5.02 Å². The zero-order valence-electron chi connectivity index (χ0n) is 12.7. The van der Waals surface area contributed by atoms with Crippen LogP contribution in [0.1, 0.15) is 50.9 Å². The molecule has 1 amide bonds. The minimum absolute atomic E-state index is 0.134. The van der Waals surface area contributed by atoms with E-state index in [0.717, 1.165) is 19.4 Å². The van der Waals surface area contributed by atoms with Gasteiger partial charge in [0.25, 0.3) is 5.91 Å². The second-order valence-corrected chi connectivity index (χ2v) is 6.45. The molecule has 0 unspecified atom stereocenters. The van der Waals surface area contributed by atoms with E-state index >= 15 is 0 Å². The average molecular weight is 298 g/mol. The Kier molecular flexibility index (Phi) is 6.27. The highest BCUT2D eigenvalue weighted by molar-refractivity contribution is 6.33. The summed E-state index contributed by atoms with van der Waals surface area (Å²) in [5, 5.41) is 6.48. The molecule has 0 radical (unpaired) electrons. The van der Waals surface area contributed by atoms with E-state index in [1.807, 2.05) is 0 Å². The molecule has 112 valence electrons. The lowest BCUT2D eigenvalue weighted by Gasteiger charge is -2.18. The van der Waals surface area contributed by atoms with Crippen molar-refractivity contribution in [1.82, 2.24) is 10.3 Å². The molecule has 5 heteroatoms. The minimum atomic E-state index is -0.134. The third-order valence-electron chi connectivity index (χ3n) is 2.81. The van der Waals surface area contributed by atoms with Crippen LogP contribution in [0, 0.1) is 5.41 Å². The standard InChI is InChI=1S/C15H24ClN3O/c1-5-7-17-13-12(16)9-11(10-19-13)14(20)18-8-6-15(2,3)4/h9-10H,5-8H2,1-4H3,(H,17,19)(H,18,20). The molecule has 1 aromatic heterocycles. The predicted molar refractivity (Wildman–Crippen MR) is 84.4 cm³/mol. The van der Waals surface area contributed by atoms with Gasteiger partial charge in [-0.25, -0.2) is 4.98 Å². The number of hydrogen-bond acceptors (Lipinski definition) is 3. The number of halogens is 1. The highest BCUT2D eigenvalue weighted by atomic mass is 35.5. The molecule has 0 bridgehead atoms. The van der Waals surface area contributed by atoms with E-state index in [2.05, 4.69) is 43.3 Å². The molecule has 0 spiro atoms. The maximum atomic E-state index is 12.0. The van der Waals surface area contributed by atoms with Crippen molar-refractivity contribution in [3.63, 3.8) is 0 Å². The number of carbonyl (C=O) groups excluding carboxylic acids is 1. The maximum absolute atomic E-state index is 12.0. The van der Waals surface area contributed by atoms with Gasteiger partial charge < -0.3 is 10.6 Å². The summed E-state index contributed by atoms with van der Waals surface area (Å²) < 4.78 is 0. The minimum Gasteiger partial charge on any atom is -0.369 e. The summed E-state index contributed by atoms with van der Waals surface area (Å²) in [6, 6.07) is 1.65. The summed E-state index contributed by atoms with van der Waals surface area (Å²) in [4.78, 5) is 16.2. The number of pyridine rings is 1. The van der Waals surface area contributed by atoms with Gasteiger partial charge in [-0.3, -0.25) is 4.79 Å². The molecule has 0 saturated heterocycles. The molecular formula is C15H24ClN3O. The van der Waals surface area contributed by atoms with Crippen LogP contribution in [0.3, 0.4) is 0 Å². The number of hydrogen-bond donors (Lipinski definition) is 2. The van der Waals surface area contributed by atoms with Crippen molar-refractivity contribution < 1.29 is 4.79 Å². The van der Waals surface area contributed by atoms with Gasteiger partial charge in [-0.15, -0.1) is 0 Å². The molecule has 4 nitrogen and oxygen atoms in total. The number of anilines is 1. The van der Waals surface area contributed by atoms with Gasteiger partial charge in [0.15, 0.2) is 0 Å². The summed E-state index contributed by atoms with van der Waals surface area (Å²) in [5.74, 6) is 0.491. The van der Waals surface area contributed by atoms with Gasteiger partial charge in [0, 0.05) is 19.3 Å². The topological polar surface area (TPSA) is 54.0 Å². The van der Waals surface area contributed by atoms with Gasteiger partial charge in [0.1, 0.15) is 5.82 Å². The van der Waals surface area contributed by atoms with E-state index in [4.69, 9.17) is 11.6 Å². The lowest BCUT2D eigenvalue weighted by Crippen LogP contribution is -2.27. The van der Waals surface area contributed by atoms with Crippen molar-refractivity contribution >= 4 is 23.3 Å². The van der Waals surface area contributed by atoms with Crippen LogP contribution in [-0.4, -0.2) is 24.0 Å². The normalized spacial score (nSPS) is 11.2. The molecule has 1 rings (SSSR count). The summed E-state index contributed by atoms with van der Waals surface area (Å²) in [6.45, 7) is 9.96. The van der Waals surface area contributed by atoms with Gasteiger partial charge in [-0.1, -0.05) is 39.3 Å². The molecule has 0 saturated carbocycles. The molecule has 20 heavy (non-hydrogen) atoms. The molecule has 1 aromatic rings. The zero-order chi connectivity index (χ0) is 15.2. The Bertz CT molecular complexity index is 455. The third kappa shape index (κ3) is 5.78. The number of amides is 1. The van der Waals surface area contributed by atoms with E-state index in [-0.39, 0.29) is 11.3 Å². The quantitative estimate of drug-likeness (QED) is 0.841. The van der Waals surface area contributed by atoms with Crippen LogP contribution in [0.5, 0.6) is 0 Å². The SMILES string of the molecule is CCCNc1ncc(C(=O)NCCC(C)(C)C)cc1Cl. The van der Waals surface area contributed by atoms with Crippen molar-refractivity contribution in [2.45, 2.75) is 40.5 Å². The first kappa shape index (κ1) is 16.8. The summed E-state index contributed by atoms with van der Waals surface area (Å²) >= 11 is 6.11. The fourth-order valence-corrected chi connectivity index (χ4v) is 1.82.